The quantitative estimate of drug-likeness (QED) is 0.916. The Kier molecular flexibility index (Phi) is 5.01. The van der Waals surface area contributed by atoms with Crippen LogP contribution >= 0.6 is 11.6 Å². The molecule has 2 atom stereocenters. The molecule has 1 aromatic rings. The van der Waals surface area contributed by atoms with E-state index < -0.39 is 15.1 Å². The molecule has 1 aliphatic carbocycles. The largest absolute Gasteiger partial charge is 0.312 e. The molecular weight excluding hydrogens is 306 g/mol. The molecule has 1 aliphatic rings. The predicted octanol–water partition coefficient (Wildman–Crippen LogP) is 3.67. The second kappa shape index (κ2) is 6.27. The maximum absolute atomic E-state index is 13.1. The van der Waals surface area contributed by atoms with E-state index in [1.54, 1.807) is 24.3 Å². The van der Waals surface area contributed by atoms with Crippen molar-refractivity contribution < 1.29 is 8.42 Å². The lowest BCUT2D eigenvalue weighted by molar-refractivity contribution is 0.172. The van der Waals surface area contributed by atoms with Gasteiger partial charge in [-0.05, 0) is 36.9 Å². The van der Waals surface area contributed by atoms with Crippen LogP contribution in [0.5, 0.6) is 0 Å². The molecule has 0 heterocycles. The van der Waals surface area contributed by atoms with E-state index in [0.29, 0.717) is 11.4 Å². The van der Waals surface area contributed by atoms with E-state index in [-0.39, 0.29) is 16.4 Å². The lowest BCUT2D eigenvalue weighted by atomic mass is 9.73. The monoisotopic (exact) mass is 329 g/mol. The molecule has 2 unspecified atom stereocenters. The average molecular weight is 330 g/mol. The molecule has 5 heteroatoms. The standard InChI is InChI=1S/C16H24ClNO2S/c1-4-18-15-14(10-7-11-16(15,2)3)21(19,20)13-9-6-5-8-12(13)17/h5-6,8-9,14-15,18H,4,7,10-11H2,1-3H3. The van der Waals surface area contributed by atoms with Gasteiger partial charge in [0.1, 0.15) is 0 Å². The van der Waals surface area contributed by atoms with Gasteiger partial charge in [-0.15, -0.1) is 0 Å². The summed E-state index contributed by atoms with van der Waals surface area (Å²) in [7, 11) is -3.43. The van der Waals surface area contributed by atoms with Gasteiger partial charge < -0.3 is 5.32 Å². The minimum atomic E-state index is -3.43. The fraction of sp³-hybridized carbons (Fsp3) is 0.625. The van der Waals surface area contributed by atoms with Crippen LogP contribution in [0.4, 0.5) is 0 Å². The summed E-state index contributed by atoms with van der Waals surface area (Å²) in [5.74, 6) is 0. The van der Waals surface area contributed by atoms with Gasteiger partial charge in [-0.2, -0.15) is 0 Å². The minimum absolute atomic E-state index is 0.0345. The zero-order valence-electron chi connectivity index (χ0n) is 12.9. The van der Waals surface area contributed by atoms with E-state index in [9.17, 15) is 8.42 Å². The van der Waals surface area contributed by atoms with Crippen molar-refractivity contribution in [3.8, 4) is 0 Å². The van der Waals surface area contributed by atoms with Gasteiger partial charge >= 0.3 is 0 Å². The zero-order chi connectivity index (χ0) is 15.7. The Bertz CT molecular complexity index is 598. The third kappa shape index (κ3) is 3.27. The molecule has 21 heavy (non-hydrogen) atoms. The van der Waals surface area contributed by atoms with Gasteiger partial charge in [0.05, 0.1) is 15.2 Å². The maximum Gasteiger partial charge on any atom is 0.184 e. The Balaban J connectivity index is 2.44. The van der Waals surface area contributed by atoms with E-state index in [1.165, 1.54) is 0 Å². The van der Waals surface area contributed by atoms with Crippen LogP contribution in [0, 0.1) is 5.41 Å². The first kappa shape index (κ1) is 16.8. The van der Waals surface area contributed by atoms with Crippen LogP contribution in [-0.2, 0) is 9.84 Å². The van der Waals surface area contributed by atoms with Crippen molar-refractivity contribution in [3.63, 3.8) is 0 Å². The second-order valence-corrected chi connectivity index (χ2v) is 8.97. The SMILES string of the molecule is CCNC1C(S(=O)(=O)c2ccccc2Cl)CCCC1(C)C. The molecule has 1 fully saturated rings. The molecule has 118 valence electrons. The van der Waals surface area contributed by atoms with Crippen LogP contribution in [0.15, 0.2) is 29.2 Å². The van der Waals surface area contributed by atoms with Crippen molar-refractivity contribution in [3.05, 3.63) is 29.3 Å². The summed E-state index contributed by atoms with van der Waals surface area (Å²) in [6.07, 6.45) is 2.66. The highest BCUT2D eigenvalue weighted by Crippen LogP contribution is 2.41. The van der Waals surface area contributed by atoms with E-state index in [2.05, 4.69) is 19.2 Å². The minimum Gasteiger partial charge on any atom is -0.312 e. The highest BCUT2D eigenvalue weighted by Gasteiger charge is 2.45. The van der Waals surface area contributed by atoms with Gasteiger partial charge in [0, 0.05) is 6.04 Å². The van der Waals surface area contributed by atoms with Crippen LogP contribution in [-0.4, -0.2) is 26.3 Å². The first-order valence-corrected chi connectivity index (χ1v) is 9.45. The van der Waals surface area contributed by atoms with Crippen LogP contribution in [0.25, 0.3) is 0 Å². The molecule has 1 aromatic carbocycles. The molecule has 0 amide bonds. The van der Waals surface area contributed by atoms with E-state index in [1.807, 2.05) is 6.92 Å². The van der Waals surface area contributed by atoms with Crippen LogP contribution in [0.1, 0.15) is 40.0 Å². The van der Waals surface area contributed by atoms with Gasteiger partial charge in [-0.3, -0.25) is 0 Å². The Morgan fingerprint density at radius 1 is 1.33 bits per heavy atom. The van der Waals surface area contributed by atoms with Gasteiger partial charge in [0.25, 0.3) is 0 Å². The zero-order valence-corrected chi connectivity index (χ0v) is 14.5. The second-order valence-electron chi connectivity index (χ2n) is 6.43. The number of sulfone groups is 1. The van der Waals surface area contributed by atoms with Crippen molar-refractivity contribution >= 4 is 21.4 Å². The lowest BCUT2D eigenvalue weighted by Gasteiger charge is -2.44. The van der Waals surface area contributed by atoms with E-state index >= 15 is 0 Å². The summed E-state index contributed by atoms with van der Waals surface area (Å²) in [6.45, 7) is 7.08. The Hall–Kier alpha value is -0.580. The number of hydrogen-bond acceptors (Lipinski definition) is 3. The van der Waals surface area contributed by atoms with Crippen molar-refractivity contribution in [1.29, 1.82) is 0 Å². The fourth-order valence-electron chi connectivity index (χ4n) is 3.38. The summed E-state index contributed by atoms with van der Waals surface area (Å²) in [5.41, 5.74) is -0.0345. The Labute approximate surface area is 133 Å². The van der Waals surface area contributed by atoms with Gasteiger partial charge in [0.2, 0.25) is 0 Å². The van der Waals surface area contributed by atoms with Gasteiger partial charge in [0.15, 0.2) is 9.84 Å². The number of rotatable bonds is 4. The Morgan fingerprint density at radius 3 is 2.62 bits per heavy atom. The number of halogens is 1. The van der Waals surface area contributed by atoms with Crippen molar-refractivity contribution in [2.45, 2.75) is 56.2 Å². The number of nitrogens with one attached hydrogen (secondary N) is 1. The molecule has 3 nitrogen and oxygen atoms in total. The summed E-state index contributed by atoms with van der Waals surface area (Å²) in [5, 5.41) is 3.30. The molecule has 0 spiro atoms. The van der Waals surface area contributed by atoms with E-state index in [0.717, 1.165) is 19.4 Å². The maximum atomic E-state index is 13.1. The van der Waals surface area contributed by atoms with E-state index in [4.69, 9.17) is 11.6 Å². The van der Waals surface area contributed by atoms with Crippen LogP contribution in [0.3, 0.4) is 0 Å². The molecule has 1 saturated carbocycles. The smallest absolute Gasteiger partial charge is 0.184 e. The first-order valence-electron chi connectivity index (χ1n) is 7.52. The topological polar surface area (TPSA) is 46.2 Å². The highest BCUT2D eigenvalue weighted by atomic mass is 35.5. The summed E-state index contributed by atoms with van der Waals surface area (Å²) < 4.78 is 26.1. The molecule has 2 rings (SSSR count). The highest BCUT2D eigenvalue weighted by molar-refractivity contribution is 7.92. The van der Waals surface area contributed by atoms with Gasteiger partial charge in [-0.1, -0.05) is 50.9 Å². The van der Waals surface area contributed by atoms with Gasteiger partial charge in [-0.25, -0.2) is 8.42 Å². The average Bonchev–Trinajstić information content (AvgIpc) is 2.41. The molecule has 0 aliphatic heterocycles. The van der Waals surface area contributed by atoms with Crippen molar-refractivity contribution in [1.82, 2.24) is 5.32 Å². The predicted molar refractivity (Wildman–Crippen MR) is 87.5 cm³/mol. The molecule has 1 N–H and O–H groups in total. The molecule has 0 saturated heterocycles. The third-order valence-corrected chi connectivity index (χ3v) is 7.20. The molecule has 0 aromatic heterocycles. The summed E-state index contributed by atoms with van der Waals surface area (Å²) in [4.78, 5) is 0.261. The molecule has 0 bridgehead atoms. The summed E-state index contributed by atoms with van der Waals surface area (Å²) in [6, 6.07) is 6.70. The Morgan fingerprint density at radius 2 is 2.00 bits per heavy atom. The normalized spacial score (nSPS) is 25.7. The lowest BCUT2D eigenvalue weighted by Crippen LogP contribution is -2.55. The molecular formula is C16H24ClNO2S. The van der Waals surface area contributed by atoms with Crippen LogP contribution in [0.2, 0.25) is 5.02 Å². The third-order valence-electron chi connectivity index (χ3n) is 4.49. The molecule has 0 radical (unpaired) electrons. The van der Waals surface area contributed by atoms with Crippen molar-refractivity contribution in [2.24, 2.45) is 5.41 Å². The fourth-order valence-corrected chi connectivity index (χ4v) is 6.08. The van der Waals surface area contributed by atoms with Crippen LogP contribution < -0.4 is 5.32 Å². The summed E-state index contributed by atoms with van der Waals surface area (Å²) >= 11 is 6.12. The number of hydrogen-bond donors (Lipinski definition) is 1. The number of benzene rings is 1. The first-order chi connectivity index (χ1) is 9.80. The van der Waals surface area contributed by atoms with Crippen molar-refractivity contribution in [2.75, 3.05) is 6.54 Å².